The number of carboxylic acid groups (broad SMARTS) is 1. The first-order chi connectivity index (χ1) is 8.15. The van der Waals surface area contributed by atoms with Crippen molar-refractivity contribution in [3.8, 4) is 0 Å². The molecule has 2 rings (SSSR count). The number of hydrogen-bond donors (Lipinski definition) is 2. The number of nitrogens with one attached hydrogen (secondary N) is 1. The van der Waals surface area contributed by atoms with E-state index in [1.807, 2.05) is 0 Å². The highest BCUT2D eigenvalue weighted by Crippen LogP contribution is 2.17. The number of hydrogen-bond acceptors (Lipinski definition) is 4. The average Bonchev–Trinajstić information content (AvgIpc) is 2.29. The first-order valence-electron chi connectivity index (χ1n) is 5.72. The van der Waals surface area contributed by atoms with Crippen molar-refractivity contribution in [3.63, 3.8) is 0 Å². The summed E-state index contributed by atoms with van der Waals surface area (Å²) in [5, 5.41) is 12.0. The Labute approximate surface area is 99.8 Å². The summed E-state index contributed by atoms with van der Waals surface area (Å²) >= 11 is 0. The maximum Gasteiger partial charge on any atom is 0.337 e. The lowest BCUT2D eigenvalue weighted by atomic mass is 10.0. The van der Waals surface area contributed by atoms with E-state index in [1.54, 1.807) is 12.1 Å². The lowest BCUT2D eigenvalue weighted by Gasteiger charge is -2.28. The molecule has 0 aromatic carbocycles. The number of ether oxygens (including phenoxy) is 1. The van der Waals surface area contributed by atoms with Crippen LogP contribution in [0.5, 0.6) is 0 Å². The molecule has 1 aromatic heterocycles. The van der Waals surface area contributed by atoms with Gasteiger partial charge in [0.25, 0.3) is 0 Å². The normalized spacial score (nSPS) is 24.3. The molecule has 5 nitrogen and oxygen atoms in total. The third-order valence-corrected chi connectivity index (χ3v) is 2.85. The molecule has 2 unspecified atom stereocenters. The van der Waals surface area contributed by atoms with Crippen molar-refractivity contribution < 1.29 is 14.6 Å². The zero-order valence-electron chi connectivity index (χ0n) is 9.72. The second kappa shape index (κ2) is 5.14. The Morgan fingerprint density at radius 2 is 2.41 bits per heavy atom. The van der Waals surface area contributed by atoms with Crippen LogP contribution in [0.2, 0.25) is 0 Å². The lowest BCUT2D eigenvalue weighted by molar-refractivity contribution is 0.0232. The molecular weight excluding hydrogens is 220 g/mol. The van der Waals surface area contributed by atoms with Gasteiger partial charge in [0.15, 0.2) is 0 Å². The molecule has 0 radical (unpaired) electrons. The van der Waals surface area contributed by atoms with E-state index in [-0.39, 0.29) is 11.7 Å². The molecule has 17 heavy (non-hydrogen) atoms. The Kier molecular flexibility index (Phi) is 3.58. The fourth-order valence-corrected chi connectivity index (χ4v) is 1.94. The summed E-state index contributed by atoms with van der Waals surface area (Å²) in [5.41, 5.74) is 0.205. The van der Waals surface area contributed by atoms with Gasteiger partial charge in [0, 0.05) is 18.8 Å². The number of rotatable bonds is 3. The molecule has 1 saturated heterocycles. The maximum absolute atomic E-state index is 10.7. The van der Waals surface area contributed by atoms with Crippen molar-refractivity contribution in [2.24, 2.45) is 0 Å². The fourth-order valence-electron chi connectivity index (χ4n) is 1.94. The zero-order chi connectivity index (χ0) is 12.3. The Balaban J connectivity index is 1.96. The van der Waals surface area contributed by atoms with Crippen LogP contribution in [0, 0.1) is 0 Å². The summed E-state index contributed by atoms with van der Waals surface area (Å²) in [6.45, 7) is 2.81. The van der Waals surface area contributed by atoms with Gasteiger partial charge in [-0.25, -0.2) is 9.78 Å². The van der Waals surface area contributed by atoms with Gasteiger partial charge in [0.1, 0.15) is 5.82 Å². The van der Waals surface area contributed by atoms with E-state index in [0.29, 0.717) is 11.9 Å². The van der Waals surface area contributed by atoms with Gasteiger partial charge in [-0.3, -0.25) is 0 Å². The molecule has 2 heterocycles. The highest BCUT2D eigenvalue weighted by Gasteiger charge is 2.19. The second-order valence-corrected chi connectivity index (χ2v) is 4.28. The fraction of sp³-hybridized carbons (Fsp3) is 0.500. The van der Waals surface area contributed by atoms with E-state index >= 15 is 0 Å². The van der Waals surface area contributed by atoms with Crippen molar-refractivity contribution in [1.82, 2.24) is 4.98 Å². The van der Waals surface area contributed by atoms with Gasteiger partial charge in [-0.05, 0) is 31.9 Å². The molecular formula is C12H16N2O3. The number of pyridine rings is 1. The smallest absolute Gasteiger partial charge is 0.337 e. The molecule has 0 bridgehead atoms. The van der Waals surface area contributed by atoms with Crippen molar-refractivity contribution in [1.29, 1.82) is 0 Å². The SMILES string of the molecule is CC1CC(Nc2ccc(C(=O)O)cn2)CCO1. The summed E-state index contributed by atoms with van der Waals surface area (Å²) in [7, 11) is 0. The average molecular weight is 236 g/mol. The number of anilines is 1. The molecule has 5 heteroatoms. The molecule has 0 amide bonds. The number of aromatic carboxylic acids is 1. The van der Waals surface area contributed by atoms with E-state index in [2.05, 4.69) is 17.2 Å². The summed E-state index contributed by atoms with van der Waals surface area (Å²) in [6, 6.07) is 3.60. The van der Waals surface area contributed by atoms with Gasteiger partial charge < -0.3 is 15.2 Å². The predicted molar refractivity (Wildman–Crippen MR) is 63.3 cm³/mol. The van der Waals surface area contributed by atoms with E-state index in [4.69, 9.17) is 9.84 Å². The summed E-state index contributed by atoms with van der Waals surface area (Å²) in [4.78, 5) is 14.8. The summed E-state index contributed by atoms with van der Waals surface area (Å²) < 4.78 is 5.46. The van der Waals surface area contributed by atoms with Crippen LogP contribution >= 0.6 is 0 Å². The van der Waals surface area contributed by atoms with Crippen LogP contribution in [0.25, 0.3) is 0 Å². The Bertz CT molecular complexity index is 391. The minimum Gasteiger partial charge on any atom is -0.478 e. The van der Waals surface area contributed by atoms with Crippen LogP contribution in [0.1, 0.15) is 30.1 Å². The van der Waals surface area contributed by atoms with Gasteiger partial charge in [0.05, 0.1) is 11.7 Å². The molecule has 1 fully saturated rings. The predicted octanol–water partition coefficient (Wildman–Crippen LogP) is 1.76. The van der Waals surface area contributed by atoms with Gasteiger partial charge in [0.2, 0.25) is 0 Å². The second-order valence-electron chi connectivity index (χ2n) is 4.28. The Morgan fingerprint density at radius 1 is 1.59 bits per heavy atom. The Hall–Kier alpha value is -1.62. The molecule has 0 spiro atoms. The maximum atomic E-state index is 10.7. The van der Waals surface area contributed by atoms with Crippen molar-refractivity contribution >= 4 is 11.8 Å². The molecule has 92 valence electrons. The highest BCUT2D eigenvalue weighted by atomic mass is 16.5. The quantitative estimate of drug-likeness (QED) is 0.836. The standard InChI is InChI=1S/C12H16N2O3/c1-8-6-10(4-5-17-8)14-11-3-2-9(7-13-11)12(15)16/h2-3,7-8,10H,4-6H2,1H3,(H,13,14)(H,15,16). The van der Waals surface area contributed by atoms with Crippen molar-refractivity contribution in [2.75, 3.05) is 11.9 Å². The molecule has 2 N–H and O–H groups in total. The third kappa shape index (κ3) is 3.17. The monoisotopic (exact) mass is 236 g/mol. The number of carboxylic acids is 1. The van der Waals surface area contributed by atoms with E-state index < -0.39 is 5.97 Å². The van der Waals surface area contributed by atoms with Crippen LogP contribution in [-0.4, -0.2) is 34.8 Å². The molecule has 2 atom stereocenters. The first kappa shape index (κ1) is 11.9. The zero-order valence-corrected chi connectivity index (χ0v) is 9.72. The van der Waals surface area contributed by atoms with E-state index in [9.17, 15) is 4.79 Å². The summed E-state index contributed by atoms with van der Waals surface area (Å²) in [6.07, 6.45) is 3.53. The van der Waals surface area contributed by atoms with Crippen molar-refractivity contribution in [3.05, 3.63) is 23.9 Å². The van der Waals surface area contributed by atoms with Gasteiger partial charge in [-0.2, -0.15) is 0 Å². The van der Waals surface area contributed by atoms with Crippen LogP contribution in [-0.2, 0) is 4.74 Å². The largest absolute Gasteiger partial charge is 0.478 e. The summed E-state index contributed by atoms with van der Waals surface area (Å²) in [5.74, 6) is -0.238. The van der Waals surface area contributed by atoms with Gasteiger partial charge in [-0.15, -0.1) is 0 Å². The molecule has 0 aliphatic carbocycles. The highest BCUT2D eigenvalue weighted by molar-refractivity contribution is 5.87. The molecule has 1 aliphatic rings. The number of nitrogens with zero attached hydrogens (tertiary/aromatic N) is 1. The van der Waals surface area contributed by atoms with Crippen LogP contribution in [0.15, 0.2) is 18.3 Å². The van der Waals surface area contributed by atoms with E-state index in [1.165, 1.54) is 6.20 Å². The number of aromatic nitrogens is 1. The van der Waals surface area contributed by atoms with E-state index in [0.717, 1.165) is 19.4 Å². The minimum absolute atomic E-state index is 0.205. The minimum atomic E-state index is -0.955. The van der Waals surface area contributed by atoms with Crippen LogP contribution in [0.4, 0.5) is 5.82 Å². The topological polar surface area (TPSA) is 71.5 Å². The first-order valence-corrected chi connectivity index (χ1v) is 5.72. The third-order valence-electron chi connectivity index (χ3n) is 2.85. The Morgan fingerprint density at radius 3 is 3.00 bits per heavy atom. The molecule has 0 saturated carbocycles. The van der Waals surface area contributed by atoms with Crippen LogP contribution < -0.4 is 5.32 Å². The van der Waals surface area contributed by atoms with Gasteiger partial charge in [-0.1, -0.05) is 0 Å². The number of carbonyl (C=O) groups is 1. The molecule has 1 aromatic rings. The van der Waals surface area contributed by atoms with Crippen LogP contribution in [0.3, 0.4) is 0 Å². The van der Waals surface area contributed by atoms with Gasteiger partial charge >= 0.3 is 5.97 Å². The molecule has 1 aliphatic heterocycles. The lowest BCUT2D eigenvalue weighted by Crippen LogP contribution is -2.32. The van der Waals surface area contributed by atoms with Crippen molar-refractivity contribution in [2.45, 2.75) is 31.9 Å².